The number of amides is 3. The van der Waals surface area contributed by atoms with Crippen LogP contribution in [0.3, 0.4) is 0 Å². The van der Waals surface area contributed by atoms with Crippen LogP contribution in [0.5, 0.6) is 0 Å². The number of fused-ring (bicyclic) bond motifs is 1. The normalized spacial score (nSPS) is 24.1. The number of hydrogen-bond donors (Lipinski definition) is 3. The maximum Gasteiger partial charge on any atom is 0.255 e. The first-order valence-electron chi connectivity index (χ1n) is 18.3. The molecule has 2 saturated heterocycles. The van der Waals surface area contributed by atoms with Crippen molar-refractivity contribution in [3.8, 4) is 0 Å². The minimum Gasteiger partial charge on any atom is -0.375 e. The lowest BCUT2D eigenvalue weighted by Crippen LogP contribution is -2.52. The third-order valence-corrected chi connectivity index (χ3v) is 10.9. The molecule has 2 saturated carbocycles. The summed E-state index contributed by atoms with van der Waals surface area (Å²) >= 11 is 0. The number of hydrogen-bond acceptors (Lipinski definition) is 8. The summed E-state index contributed by atoms with van der Waals surface area (Å²) in [6, 6.07) is 15.9. The number of aldehydes is 1. The summed E-state index contributed by atoms with van der Waals surface area (Å²) in [5.41, 5.74) is 6.47. The van der Waals surface area contributed by atoms with Crippen LogP contribution in [-0.2, 0) is 38.6 Å². The highest BCUT2D eigenvalue weighted by molar-refractivity contribution is 6.05. The van der Waals surface area contributed by atoms with Crippen molar-refractivity contribution in [3.05, 3.63) is 82.0 Å². The summed E-state index contributed by atoms with van der Waals surface area (Å²) in [5, 5.41) is 12.7. The second-order valence-corrected chi connectivity index (χ2v) is 14.5. The predicted molar refractivity (Wildman–Crippen MR) is 189 cm³/mol. The van der Waals surface area contributed by atoms with Crippen LogP contribution in [0, 0.1) is 0 Å². The molecule has 264 valence electrons. The Morgan fingerprint density at radius 1 is 0.900 bits per heavy atom. The maximum absolute atomic E-state index is 12.9. The highest BCUT2D eigenvalue weighted by Crippen LogP contribution is 2.39. The van der Waals surface area contributed by atoms with Crippen molar-refractivity contribution in [1.29, 1.82) is 0 Å². The van der Waals surface area contributed by atoms with Crippen molar-refractivity contribution in [1.82, 2.24) is 25.3 Å². The van der Waals surface area contributed by atoms with Crippen LogP contribution in [0.1, 0.15) is 108 Å². The van der Waals surface area contributed by atoms with E-state index in [1.165, 1.54) is 42.5 Å². The summed E-state index contributed by atoms with van der Waals surface area (Å²) in [4.78, 5) is 51.4. The molecule has 4 fully saturated rings. The molecule has 2 aliphatic carbocycles. The van der Waals surface area contributed by atoms with E-state index in [9.17, 15) is 19.2 Å². The molecule has 0 bridgehead atoms. The molecule has 0 radical (unpaired) electrons. The van der Waals surface area contributed by atoms with Crippen molar-refractivity contribution in [2.75, 3.05) is 25.5 Å². The van der Waals surface area contributed by atoms with Crippen LogP contribution in [0.25, 0.3) is 0 Å². The minimum atomic E-state index is -0.572. The molecule has 3 unspecified atom stereocenters. The van der Waals surface area contributed by atoms with Crippen molar-refractivity contribution >= 4 is 29.8 Å². The zero-order chi connectivity index (χ0) is 34.6. The lowest BCUT2D eigenvalue weighted by atomic mass is 9.87. The van der Waals surface area contributed by atoms with Gasteiger partial charge in [0.15, 0.2) is 0 Å². The molecule has 3 atom stereocenters. The number of imide groups is 1. The predicted octanol–water partition coefficient (Wildman–Crippen LogP) is 4.84. The second kappa shape index (κ2) is 15.3. The van der Waals surface area contributed by atoms with Crippen LogP contribution in [0.2, 0.25) is 0 Å². The Balaban J connectivity index is 0.000000203. The number of aromatic nitrogens is 2. The maximum atomic E-state index is 12.9. The molecule has 11 nitrogen and oxygen atoms in total. The fraction of sp³-hybridized carbons (Fsp3) is 0.513. The van der Waals surface area contributed by atoms with Gasteiger partial charge in [0.25, 0.3) is 5.91 Å². The number of rotatable bonds is 10. The number of carbonyl (C=O) groups is 4. The number of aromatic amines is 1. The molecule has 4 heterocycles. The highest BCUT2D eigenvalue weighted by Gasteiger charge is 2.39. The SMILES string of the molecule is CNc1cc(C2CCC(OC3CC3)C2)[nH]n1.O=CCc1ccc(CN2CCC(c3ccc4c(c3)CN(C3CCC(=O)NC3=O)C4=O)CC2)cc1. The van der Waals surface area contributed by atoms with Crippen molar-refractivity contribution in [2.45, 2.75) is 107 Å². The Hall–Kier alpha value is -4.35. The number of nitrogens with one attached hydrogen (secondary N) is 3. The van der Waals surface area contributed by atoms with Gasteiger partial charge in [0, 0.05) is 56.2 Å². The van der Waals surface area contributed by atoms with Crippen LogP contribution in [0.4, 0.5) is 5.82 Å². The van der Waals surface area contributed by atoms with Crippen LogP contribution in [0.15, 0.2) is 48.5 Å². The van der Waals surface area contributed by atoms with Crippen molar-refractivity contribution in [2.24, 2.45) is 0 Å². The standard InChI is InChI=1S/C27H29N3O4.C12H19N3O/c31-14-11-18-1-3-19(4-2-18)16-29-12-9-20(10-13-29)21-5-6-23-22(15-21)17-30(27(23)34)24-7-8-25(32)28-26(24)33;1-13-12-7-11(14-15-12)8-2-3-10(6-8)16-9-4-5-9/h1-6,14-15,20,24H,7-13,16-17H2,(H,28,32,33);7-10H,2-6H2,1H3,(H2,13,14,15). The first-order valence-corrected chi connectivity index (χ1v) is 18.3. The van der Waals surface area contributed by atoms with Gasteiger partial charge in [-0.15, -0.1) is 0 Å². The molecule has 11 heteroatoms. The molecule has 3 N–H and O–H groups in total. The largest absolute Gasteiger partial charge is 0.375 e. The van der Waals surface area contributed by atoms with Gasteiger partial charge in [-0.3, -0.25) is 29.7 Å². The molecule has 0 spiro atoms. The monoisotopic (exact) mass is 680 g/mol. The first-order chi connectivity index (χ1) is 24.4. The fourth-order valence-corrected chi connectivity index (χ4v) is 7.90. The Morgan fingerprint density at radius 2 is 1.66 bits per heavy atom. The highest BCUT2D eigenvalue weighted by atomic mass is 16.5. The van der Waals surface area contributed by atoms with Gasteiger partial charge in [-0.05, 0) is 98.7 Å². The van der Waals surface area contributed by atoms with E-state index in [0.717, 1.165) is 62.1 Å². The molecular weight excluding hydrogens is 632 g/mol. The van der Waals surface area contributed by atoms with E-state index < -0.39 is 6.04 Å². The van der Waals surface area contributed by atoms with E-state index in [4.69, 9.17) is 4.74 Å². The zero-order valence-electron chi connectivity index (χ0n) is 28.9. The third kappa shape index (κ3) is 8.00. The van der Waals surface area contributed by atoms with E-state index in [-0.39, 0.29) is 24.1 Å². The molecule has 50 heavy (non-hydrogen) atoms. The molecule has 3 aromatic rings. The number of carbonyl (C=O) groups excluding carboxylic acids is 4. The topological polar surface area (TPSA) is 137 Å². The van der Waals surface area contributed by atoms with Gasteiger partial charge < -0.3 is 19.7 Å². The van der Waals surface area contributed by atoms with Crippen LogP contribution in [-0.4, -0.2) is 82.4 Å². The van der Waals surface area contributed by atoms with Gasteiger partial charge in [-0.2, -0.15) is 5.10 Å². The molecule has 3 amide bonds. The number of anilines is 1. The number of ether oxygens (including phenoxy) is 1. The Bertz CT molecular complexity index is 1690. The van der Waals surface area contributed by atoms with Gasteiger partial charge in [0.05, 0.1) is 12.2 Å². The lowest BCUT2D eigenvalue weighted by Gasteiger charge is -2.32. The van der Waals surface area contributed by atoms with E-state index in [1.807, 2.05) is 25.2 Å². The zero-order valence-corrected chi connectivity index (χ0v) is 28.9. The van der Waals surface area contributed by atoms with Crippen molar-refractivity contribution in [3.63, 3.8) is 0 Å². The molecule has 5 aliphatic rings. The smallest absolute Gasteiger partial charge is 0.255 e. The quantitative estimate of drug-likeness (QED) is 0.205. The molecule has 8 rings (SSSR count). The third-order valence-electron chi connectivity index (χ3n) is 10.9. The van der Waals surface area contributed by atoms with E-state index in [0.29, 0.717) is 49.0 Å². The summed E-state index contributed by atoms with van der Waals surface area (Å²) in [6.45, 7) is 3.36. The Kier molecular flexibility index (Phi) is 10.4. The first kappa shape index (κ1) is 34.1. The number of nitrogens with zero attached hydrogens (tertiary/aromatic N) is 3. The average Bonchev–Trinajstić information content (AvgIpc) is 3.46. The summed E-state index contributed by atoms with van der Waals surface area (Å²) in [5.74, 6) is 1.23. The summed E-state index contributed by atoms with van der Waals surface area (Å²) in [6.07, 6.45) is 11.4. The summed E-state index contributed by atoms with van der Waals surface area (Å²) < 4.78 is 5.96. The van der Waals surface area contributed by atoms with Gasteiger partial charge >= 0.3 is 0 Å². The van der Waals surface area contributed by atoms with E-state index in [2.05, 4.69) is 56.1 Å². The Labute approximate surface area is 293 Å². The number of likely N-dealkylation sites (tertiary alicyclic amines) is 1. The average molecular weight is 681 g/mol. The van der Waals surface area contributed by atoms with E-state index >= 15 is 0 Å². The fourth-order valence-electron chi connectivity index (χ4n) is 7.90. The van der Waals surface area contributed by atoms with Gasteiger partial charge in [-0.25, -0.2) is 0 Å². The molecule has 2 aromatic carbocycles. The molecule has 1 aromatic heterocycles. The number of piperidine rings is 2. The Morgan fingerprint density at radius 3 is 2.36 bits per heavy atom. The van der Waals surface area contributed by atoms with Crippen LogP contribution >= 0.6 is 0 Å². The van der Waals surface area contributed by atoms with E-state index in [1.54, 1.807) is 4.90 Å². The molecule has 3 aliphatic heterocycles. The minimum absolute atomic E-state index is 0.120. The summed E-state index contributed by atoms with van der Waals surface area (Å²) in [7, 11) is 1.90. The number of H-pyrrole nitrogens is 1. The van der Waals surface area contributed by atoms with Gasteiger partial charge in [-0.1, -0.05) is 36.4 Å². The van der Waals surface area contributed by atoms with Gasteiger partial charge in [0.2, 0.25) is 11.8 Å². The van der Waals surface area contributed by atoms with Gasteiger partial charge in [0.1, 0.15) is 18.1 Å². The van der Waals surface area contributed by atoms with Crippen molar-refractivity contribution < 1.29 is 23.9 Å². The molecular formula is C39H48N6O5. The lowest BCUT2D eigenvalue weighted by molar-refractivity contribution is -0.136. The number of benzene rings is 2. The van der Waals surface area contributed by atoms with Crippen LogP contribution < -0.4 is 10.6 Å². The second-order valence-electron chi connectivity index (χ2n) is 14.5.